The molecule has 1 amide bonds. The molecule has 4 heterocycles. The second-order valence-electron chi connectivity index (χ2n) is 9.54. The Balaban J connectivity index is 1.35. The van der Waals surface area contributed by atoms with E-state index < -0.39 is 0 Å². The van der Waals surface area contributed by atoms with Gasteiger partial charge in [-0.2, -0.15) is 0 Å². The summed E-state index contributed by atoms with van der Waals surface area (Å²) in [5.74, 6) is 3.44. The molecule has 3 aromatic rings. The van der Waals surface area contributed by atoms with Crippen molar-refractivity contribution in [3.63, 3.8) is 0 Å². The second kappa shape index (κ2) is 8.94. The zero-order chi connectivity index (χ0) is 22.9. The Morgan fingerprint density at radius 1 is 1.09 bits per heavy atom. The highest BCUT2D eigenvalue weighted by molar-refractivity contribution is 5.91. The van der Waals surface area contributed by atoms with E-state index >= 15 is 0 Å². The Kier molecular flexibility index (Phi) is 6.24. The first-order valence-corrected chi connectivity index (χ1v) is 11.2. The van der Waals surface area contributed by atoms with Crippen molar-refractivity contribution < 1.29 is 18.2 Å². The molecule has 8 heteroatoms. The van der Waals surface area contributed by atoms with Crippen molar-refractivity contribution in [3.05, 3.63) is 58.5 Å². The van der Waals surface area contributed by atoms with Gasteiger partial charge < -0.3 is 18.3 Å². The number of carbonyl (C=O) groups is 1. The lowest BCUT2D eigenvalue weighted by Gasteiger charge is -2.20. The van der Waals surface area contributed by atoms with Gasteiger partial charge >= 0.3 is 0 Å². The van der Waals surface area contributed by atoms with Crippen LogP contribution in [0.3, 0.4) is 0 Å². The van der Waals surface area contributed by atoms with Crippen LogP contribution in [0.5, 0.6) is 0 Å². The summed E-state index contributed by atoms with van der Waals surface area (Å²) in [6.07, 6.45) is 3.28. The minimum Gasteiger partial charge on any atom is -0.456 e. The third-order valence-electron chi connectivity index (χ3n) is 5.93. The van der Waals surface area contributed by atoms with Gasteiger partial charge in [0.1, 0.15) is 17.3 Å². The van der Waals surface area contributed by atoms with Crippen molar-refractivity contribution in [1.82, 2.24) is 19.9 Å². The Bertz CT molecular complexity index is 1050. The fraction of sp³-hybridized carbons (Fsp3) is 0.542. The highest BCUT2D eigenvalue weighted by atomic mass is 16.5. The average molecular weight is 441 g/mol. The topological polar surface area (TPSA) is 88.8 Å². The summed E-state index contributed by atoms with van der Waals surface area (Å²) in [6.45, 7) is 13.8. The quantitative estimate of drug-likeness (QED) is 0.590. The molecule has 172 valence electrons. The van der Waals surface area contributed by atoms with Gasteiger partial charge in [0.05, 0.1) is 18.4 Å². The first-order chi connectivity index (χ1) is 15.2. The maximum Gasteiger partial charge on any atom is 0.289 e. The molecule has 0 saturated carbocycles. The Hall–Kier alpha value is -2.87. The number of nitrogens with zero attached hydrogens (tertiary/aromatic N) is 4. The summed E-state index contributed by atoms with van der Waals surface area (Å²) < 4.78 is 17.0. The second-order valence-corrected chi connectivity index (χ2v) is 9.54. The molecule has 8 nitrogen and oxygen atoms in total. The van der Waals surface area contributed by atoms with Crippen molar-refractivity contribution in [1.29, 1.82) is 0 Å². The lowest BCUT2D eigenvalue weighted by Crippen LogP contribution is -2.35. The van der Waals surface area contributed by atoms with E-state index in [9.17, 15) is 4.79 Å². The molecule has 0 unspecified atom stereocenters. The minimum atomic E-state index is -0.0667. The molecule has 0 N–H and O–H groups in total. The van der Waals surface area contributed by atoms with Crippen LogP contribution >= 0.6 is 0 Å². The zero-order valence-electron chi connectivity index (χ0n) is 19.6. The van der Waals surface area contributed by atoms with Crippen LogP contribution in [-0.4, -0.2) is 52.0 Å². The van der Waals surface area contributed by atoms with E-state index in [1.165, 1.54) is 0 Å². The van der Waals surface area contributed by atoms with E-state index in [1.54, 1.807) is 6.07 Å². The highest BCUT2D eigenvalue weighted by Gasteiger charge is 2.25. The van der Waals surface area contributed by atoms with Crippen LogP contribution in [0, 0.1) is 13.8 Å². The summed E-state index contributed by atoms with van der Waals surface area (Å²) in [6, 6.07) is 3.62. The number of hydrogen-bond acceptors (Lipinski definition) is 7. The first-order valence-electron chi connectivity index (χ1n) is 11.2. The van der Waals surface area contributed by atoms with Crippen LogP contribution in [-0.2, 0) is 18.4 Å². The van der Waals surface area contributed by atoms with Gasteiger partial charge in [0.15, 0.2) is 5.76 Å². The van der Waals surface area contributed by atoms with E-state index in [2.05, 4.69) is 35.8 Å². The summed E-state index contributed by atoms with van der Waals surface area (Å²) in [5.41, 5.74) is 1.80. The van der Waals surface area contributed by atoms with Gasteiger partial charge in [0.2, 0.25) is 5.89 Å². The van der Waals surface area contributed by atoms with Crippen molar-refractivity contribution in [2.24, 2.45) is 0 Å². The van der Waals surface area contributed by atoms with Crippen molar-refractivity contribution >= 4 is 5.91 Å². The Morgan fingerprint density at radius 2 is 1.91 bits per heavy atom. The number of rotatable bonds is 5. The van der Waals surface area contributed by atoms with Gasteiger partial charge in [-0.05, 0) is 32.4 Å². The molecule has 1 fully saturated rings. The number of furan rings is 1. The predicted molar refractivity (Wildman–Crippen MR) is 118 cm³/mol. The van der Waals surface area contributed by atoms with Gasteiger partial charge in [0.25, 0.3) is 5.91 Å². The van der Waals surface area contributed by atoms with Crippen LogP contribution in [0.15, 0.2) is 31.7 Å². The van der Waals surface area contributed by atoms with E-state index in [0.717, 1.165) is 53.9 Å². The summed E-state index contributed by atoms with van der Waals surface area (Å²) in [5, 5.41) is 3.98. The molecule has 0 bridgehead atoms. The average Bonchev–Trinajstić information content (AvgIpc) is 3.43. The Labute approximate surface area is 188 Å². The molecular formula is C24H32N4O4. The lowest BCUT2D eigenvalue weighted by atomic mass is 9.94. The van der Waals surface area contributed by atoms with Crippen molar-refractivity contribution in [2.45, 2.75) is 59.4 Å². The SMILES string of the molecule is Cc1noc(C)c1Cc1ccc(C(=O)N2CCCN(Cc3ncc(C(C)(C)C)o3)CC2)o1. The van der Waals surface area contributed by atoms with E-state index in [1.807, 2.05) is 31.0 Å². The molecule has 0 atom stereocenters. The fourth-order valence-electron chi connectivity index (χ4n) is 3.93. The summed E-state index contributed by atoms with van der Waals surface area (Å²) in [7, 11) is 0. The molecule has 1 aliphatic heterocycles. The van der Waals surface area contributed by atoms with Crippen LogP contribution in [0.1, 0.15) is 72.2 Å². The van der Waals surface area contributed by atoms with Gasteiger partial charge in [-0.15, -0.1) is 0 Å². The molecule has 0 aliphatic carbocycles. The van der Waals surface area contributed by atoms with Gasteiger partial charge in [-0.3, -0.25) is 9.69 Å². The molecule has 1 saturated heterocycles. The fourth-order valence-corrected chi connectivity index (χ4v) is 3.93. The molecular weight excluding hydrogens is 408 g/mol. The molecule has 0 radical (unpaired) electrons. The van der Waals surface area contributed by atoms with Gasteiger partial charge in [-0.1, -0.05) is 25.9 Å². The number of carbonyl (C=O) groups excluding carboxylic acids is 1. The molecule has 0 aromatic carbocycles. The van der Waals surface area contributed by atoms with E-state index in [0.29, 0.717) is 31.8 Å². The molecule has 32 heavy (non-hydrogen) atoms. The van der Waals surface area contributed by atoms with Crippen molar-refractivity contribution in [2.75, 3.05) is 26.2 Å². The van der Waals surface area contributed by atoms with Crippen LogP contribution in [0.2, 0.25) is 0 Å². The molecule has 1 aliphatic rings. The smallest absolute Gasteiger partial charge is 0.289 e. The third kappa shape index (κ3) is 4.96. The van der Waals surface area contributed by atoms with Gasteiger partial charge in [0, 0.05) is 43.6 Å². The normalized spacial score (nSPS) is 15.8. The maximum atomic E-state index is 13.0. The minimum absolute atomic E-state index is 0.0549. The highest BCUT2D eigenvalue weighted by Crippen LogP contribution is 2.24. The van der Waals surface area contributed by atoms with Crippen LogP contribution in [0.25, 0.3) is 0 Å². The summed E-state index contributed by atoms with van der Waals surface area (Å²) >= 11 is 0. The number of oxazole rings is 1. The lowest BCUT2D eigenvalue weighted by molar-refractivity contribution is 0.0727. The third-order valence-corrected chi connectivity index (χ3v) is 5.93. The van der Waals surface area contributed by atoms with E-state index in [-0.39, 0.29) is 11.3 Å². The molecule has 0 spiro atoms. The standard InChI is InChI=1S/C24H32N4O4/c1-16-19(17(2)32-26-16)13-18-7-8-20(30-18)23(29)28-10-6-9-27(11-12-28)15-22-25-14-21(31-22)24(3,4)5/h7-8,14H,6,9-13,15H2,1-5H3. The monoisotopic (exact) mass is 440 g/mol. The van der Waals surface area contributed by atoms with E-state index in [4.69, 9.17) is 13.4 Å². The number of aryl methyl sites for hydroxylation is 2. The summed E-state index contributed by atoms with van der Waals surface area (Å²) in [4.78, 5) is 21.6. The number of aromatic nitrogens is 2. The number of amides is 1. The first kappa shape index (κ1) is 22.3. The molecule has 4 rings (SSSR count). The predicted octanol–water partition coefficient (Wildman–Crippen LogP) is 4.11. The zero-order valence-corrected chi connectivity index (χ0v) is 19.6. The largest absolute Gasteiger partial charge is 0.456 e. The Morgan fingerprint density at radius 3 is 2.59 bits per heavy atom. The maximum absolute atomic E-state index is 13.0. The molecule has 3 aromatic heterocycles. The van der Waals surface area contributed by atoms with Crippen LogP contribution < -0.4 is 0 Å². The van der Waals surface area contributed by atoms with Crippen LogP contribution in [0.4, 0.5) is 0 Å². The van der Waals surface area contributed by atoms with Gasteiger partial charge in [-0.25, -0.2) is 4.98 Å². The van der Waals surface area contributed by atoms with Crippen molar-refractivity contribution in [3.8, 4) is 0 Å². The number of hydrogen-bond donors (Lipinski definition) is 0.